The second-order valence-corrected chi connectivity index (χ2v) is 5.89. The fourth-order valence-corrected chi connectivity index (χ4v) is 2.27. The third-order valence-corrected chi connectivity index (χ3v) is 3.63. The Labute approximate surface area is 147 Å². The van der Waals surface area contributed by atoms with Gasteiger partial charge in [0.1, 0.15) is 5.75 Å². The molecule has 7 heteroatoms. The summed E-state index contributed by atoms with van der Waals surface area (Å²) in [7, 11) is 1.58. The smallest absolute Gasteiger partial charge is 0.259 e. The standard InChI is InChI=1S/C16H15BrClN3O2/c1-23-15-7-2-12(17)8-11(15)9-20-21-16(22)10-19-14-5-3-13(18)4-6-14/h2-9,19H,10H2,1H3,(H,21,22). The van der Waals surface area contributed by atoms with Gasteiger partial charge in [0.05, 0.1) is 19.9 Å². The molecule has 0 bridgehead atoms. The summed E-state index contributed by atoms with van der Waals surface area (Å²) in [5.41, 5.74) is 4.02. The molecular weight excluding hydrogens is 382 g/mol. The molecule has 0 aliphatic carbocycles. The lowest BCUT2D eigenvalue weighted by atomic mass is 10.2. The molecule has 0 aliphatic rings. The Kier molecular flexibility index (Phi) is 6.43. The van der Waals surface area contributed by atoms with E-state index >= 15 is 0 Å². The molecule has 2 aromatic rings. The average Bonchev–Trinajstić information content (AvgIpc) is 2.54. The highest BCUT2D eigenvalue weighted by atomic mass is 79.9. The molecule has 0 heterocycles. The van der Waals surface area contributed by atoms with Gasteiger partial charge in [-0.3, -0.25) is 4.79 Å². The Morgan fingerprint density at radius 1 is 1.30 bits per heavy atom. The molecule has 0 aliphatic heterocycles. The van der Waals surface area contributed by atoms with Crippen LogP contribution in [0.15, 0.2) is 52.0 Å². The lowest BCUT2D eigenvalue weighted by molar-refractivity contribution is -0.119. The summed E-state index contributed by atoms with van der Waals surface area (Å²) in [6.45, 7) is 0.106. The Hall–Kier alpha value is -2.05. The van der Waals surface area contributed by atoms with Crippen molar-refractivity contribution in [3.63, 3.8) is 0 Å². The third-order valence-electron chi connectivity index (χ3n) is 2.88. The number of anilines is 1. The van der Waals surface area contributed by atoms with Crippen LogP contribution in [0.25, 0.3) is 0 Å². The molecule has 0 aromatic heterocycles. The first-order valence-corrected chi connectivity index (χ1v) is 7.90. The van der Waals surface area contributed by atoms with E-state index in [0.29, 0.717) is 10.8 Å². The lowest BCUT2D eigenvalue weighted by Crippen LogP contribution is -2.25. The van der Waals surface area contributed by atoms with Crippen LogP contribution >= 0.6 is 27.5 Å². The van der Waals surface area contributed by atoms with Crippen LogP contribution < -0.4 is 15.5 Å². The highest BCUT2D eigenvalue weighted by Crippen LogP contribution is 2.21. The molecule has 5 nitrogen and oxygen atoms in total. The van der Waals surface area contributed by atoms with E-state index in [0.717, 1.165) is 15.7 Å². The van der Waals surface area contributed by atoms with E-state index < -0.39 is 0 Å². The summed E-state index contributed by atoms with van der Waals surface area (Å²) < 4.78 is 6.12. The molecule has 0 fully saturated rings. The number of hydrogen-bond donors (Lipinski definition) is 2. The highest BCUT2D eigenvalue weighted by Gasteiger charge is 2.02. The lowest BCUT2D eigenvalue weighted by Gasteiger charge is -2.06. The minimum atomic E-state index is -0.259. The van der Waals surface area contributed by atoms with Crippen LogP contribution in [0.2, 0.25) is 5.02 Å². The van der Waals surface area contributed by atoms with Gasteiger partial charge in [-0.1, -0.05) is 27.5 Å². The molecule has 0 saturated heterocycles. The minimum absolute atomic E-state index is 0.106. The molecule has 120 valence electrons. The Morgan fingerprint density at radius 2 is 2.04 bits per heavy atom. The first-order chi connectivity index (χ1) is 11.1. The number of hydrazone groups is 1. The van der Waals surface area contributed by atoms with E-state index in [1.54, 1.807) is 31.4 Å². The number of carbonyl (C=O) groups excluding carboxylic acids is 1. The predicted molar refractivity (Wildman–Crippen MR) is 96.4 cm³/mol. The van der Waals surface area contributed by atoms with Gasteiger partial charge in [-0.2, -0.15) is 5.10 Å². The predicted octanol–water partition coefficient (Wildman–Crippen LogP) is 3.67. The maximum Gasteiger partial charge on any atom is 0.259 e. The molecule has 0 atom stereocenters. The molecular formula is C16H15BrClN3O2. The number of methoxy groups -OCH3 is 1. The monoisotopic (exact) mass is 395 g/mol. The number of hydrogen-bond acceptors (Lipinski definition) is 4. The van der Waals surface area contributed by atoms with Gasteiger partial charge in [0.15, 0.2) is 0 Å². The van der Waals surface area contributed by atoms with Gasteiger partial charge >= 0.3 is 0 Å². The zero-order chi connectivity index (χ0) is 16.7. The van der Waals surface area contributed by atoms with Crippen LogP contribution in [0.4, 0.5) is 5.69 Å². The summed E-state index contributed by atoms with van der Waals surface area (Å²) in [4.78, 5) is 11.7. The highest BCUT2D eigenvalue weighted by molar-refractivity contribution is 9.10. The van der Waals surface area contributed by atoms with E-state index in [4.69, 9.17) is 16.3 Å². The Morgan fingerprint density at radius 3 is 2.74 bits per heavy atom. The van der Waals surface area contributed by atoms with Crippen molar-refractivity contribution < 1.29 is 9.53 Å². The molecule has 1 amide bonds. The zero-order valence-corrected chi connectivity index (χ0v) is 14.7. The Bertz CT molecular complexity index is 705. The van der Waals surface area contributed by atoms with E-state index in [1.807, 2.05) is 18.2 Å². The van der Waals surface area contributed by atoms with Crippen molar-refractivity contribution in [3.05, 3.63) is 57.5 Å². The van der Waals surface area contributed by atoms with E-state index in [9.17, 15) is 4.79 Å². The second kappa shape index (κ2) is 8.55. The summed E-state index contributed by atoms with van der Waals surface area (Å²) in [5.74, 6) is 0.413. The van der Waals surface area contributed by atoms with Crippen molar-refractivity contribution in [3.8, 4) is 5.75 Å². The molecule has 23 heavy (non-hydrogen) atoms. The van der Waals surface area contributed by atoms with Crippen molar-refractivity contribution in [2.24, 2.45) is 5.10 Å². The van der Waals surface area contributed by atoms with Crippen LogP contribution in [0.1, 0.15) is 5.56 Å². The SMILES string of the molecule is COc1ccc(Br)cc1C=NNC(=O)CNc1ccc(Cl)cc1. The van der Waals surface area contributed by atoms with Gasteiger partial charge < -0.3 is 10.1 Å². The van der Waals surface area contributed by atoms with Crippen molar-refractivity contribution in [1.82, 2.24) is 5.43 Å². The number of rotatable bonds is 6. The number of nitrogens with zero attached hydrogens (tertiary/aromatic N) is 1. The Balaban J connectivity index is 1.86. The van der Waals surface area contributed by atoms with E-state index in [1.165, 1.54) is 6.21 Å². The van der Waals surface area contributed by atoms with Crippen LogP contribution in [-0.2, 0) is 4.79 Å². The number of amides is 1. The summed E-state index contributed by atoms with van der Waals surface area (Å²) in [6, 6.07) is 12.6. The van der Waals surface area contributed by atoms with E-state index in [-0.39, 0.29) is 12.5 Å². The van der Waals surface area contributed by atoms with Gasteiger partial charge in [0, 0.05) is 20.7 Å². The largest absolute Gasteiger partial charge is 0.496 e. The van der Waals surface area contributed by atoms with Gasteiger partial charge in [-0.25, -0.2) is 5.43 Å². The third kappa shape index (κ3) is 5.58. The number of benzene rings is 2. The van der Waals surface area contributed by atoms with Crippen LogP contribution in [-0.4, -0.2) is 25.8 Å². The number of ether oxygens (including phenoxy) is 1. The van der Waals surface area contributed by atoms with Crippen LogP contribution in [0.5, 0.6) is 5.75 Å². The first kappa shape index (κ1) is 17.3. The topological polar surface area (TPSA) is 62.7 Å². The molecule has 2 rings (SSSR count). The minimum Gasteiger partial charge on any atom is -0.496 e. The summed E-state index contributed by atoms with van der Waals surface area (Å²) >= 11 is 9.18. The van der Waals surface area contributed by atoms with Gasteiger partial charge in [-0.05, 0) is 42.5 Å². The first-order valence-electron chi connectivity index (χ1n) is 6.73. The van der Waals surface area contributed by atoms with Gasteiger partial charge in [-0.15, -0.1) is 0 Å². The molecule has 2 aromatic carbocycles. The fraction of sp³-hybridized carbons (Fsp3) is 0.125. The fourth-order valence-electron chi connectivity index (χ4n) is 1.77. The van der Waals surface area contributed by atoms with Crippen molar-refractivity contribution in [1.29, 1.82) is 0 Å². The van der Waals surface area contributed by atoms with Gasteiger partial charge in [0.2, 0.25) is 0 Å². The normalized spacial score (nSPS) is 10.6. The van der Waals surface area contributed by atoms with Crippen LogP contribution in [0, 0.1) is 0 Å². The van der Waals surface area contributed by atoms with Gasteiger partial charge in [0.25, 0.3) is 5.91 Å². The molecule has 0 spiro atoms. The summed E-state index contributed by atoms with van der Waals surface area (Å²) in [5, 5.41) is 7.55. The maximum atomic E-state index is 11.7. The zero-order valence-electron chi connectivity index (χ0n) is 12.3. The number of halogens is 2. The quantitative estimate of drug-likeness (QED) is 0.578. The second-order valence-electron chi connectivity index (χ2n) is 4.54. The van der Waals surface area contributed by atoms with Crippen molar-refractivity contribution in [2.45, 2.75) is 0 Å². The average molecular weight is 397 g/mol. The maximum absolute atomic E-state index is 11.7. The molecule has 2 N–H and O–H groups in total. The molecule has 0 unspecified atom stereocenters. The van der Waals surface area contributed by atoms with Crippen molar-refractivity contribution in [2.75, 3.05) is 19.0 Å². The van der Waals surface area contributed by atoms with E-state index in [2.05, 4.69) is 31.8 Å². The number of nitrogens with one attached hydrogen (secondary N) is 2. The number of carbonyl (C=O) groups is 1. The summed E-state index contributed by atoms with van der Waals surface area (Å²) in [6.07, 6.45) is 1.53. The van der Waals surface area contributed by atoms with Crippen LogP contribution in [0.3, 0.4) is 0 Å². The molecule has 0 radical (unpaired) electrons. The van der Waals surface area contributed by atoms with Crippen molar-refractivity contribution >= 4 is 45.3 Å². The molecule has 0 saturated carbocycles.